The van der Waals surface area contributed by atoms with Crippen LogP contribution in [-0.4, -0.2) is 46.5 Å². The van der Waals surface area contributed by atoms with Crippen molar-refractivity contribution in [2.45, 2.75) is 20.4 Å². The number of piperazine rings is 1. The minimum Gasteiger partial charge on any atom is -0.408 e. The number of carbonyl (C=O) groups excluding carboxylic acids is 1. The Morgan fingerprint density at radius 1 is 1.07 bits per heavy atom. The zero-order chi connectivity index (χ0) is 19.0. The lowest BCUT2D eigenvalue weighted by molar-refractivity contribution is -0.132. The van der Waals surface area contributed by atoms with Gasteiger partial charge in [0.05, 0.1) is 5.52 Å². The largest absolute Gasteiger partial charge is 0.420 e. The summed E-state index contributed by atoms with van der Waals surface area (Å²) in [6.07, 6.45) is 0. The topological polar surface area (TPSA) is 71.6 Å². The lowest BCUT2D eigenvalue weighted by Crippen LogP contribution is -2.50. The van der Waals surface area contributed by atoms with E-state index < -0.39 is 5.76 Å². The fraction of sp³-hybridized carbons (Fsp3) is 0.350. The van der Waals surface area contributed by atoms with Gasteiger partial charge in [0.15, 0.2) is 5.58 Å². The number of benzene rings is 1. The molecule has 140 valence electrons. The second-order valence-corrected chi connectivity index (χ2v) is 6.90. The van der Waals surface area contributed by atoms with Gasteiger partial charge in [0.2, 0.25) is 5.91 Å². The zero-order valence-corrected chi connectivity index (χ0v) is 15.5. The van der Waals surface area contributed by atoms with Crippen molar-refractivity contribution in [2.75, 3.05) is 31.1 Å². The van der Waals surface area contributed by atoms with Crippen LogP contribution in [0, 0.1) is 13.8 Å². The highest BCUT2D eigenvalue weighted by Gasteiger charge is 2.23. The summed E-state index contributed by atoms with van der Waals surface area (Å²) in [4.78, 5) is 33.3. The molecule has 1 amide bonds. The molecule has 0 radical (unpaired) electrons. The third-order valence-corrected chi connectivity index (χ3v) is 4.93. The average molecular weight is 366 g/mol. The summed E-state index contributed by atoms with van der Waals surface area (Å²) < 4.78 is 6.61. The van der Waals surface area contributed by atoms with Crippen molar-refractivity contribution in [1.82, 2.24) is 14.5 Å². The molecule has 3 aromatic rings. The first-order chi connectivity index (χ1) is 13.0. The van der Waals surface area contributed by atoms with Crippen molar-refractivity contribution in [1.29, 1.82) is 0 Å². The summed E-state index contributed by atoms with van der Waals surface area (Å²) in [5.74, 6) is -0.559. The number of oxazole rings is 1. The van der Waals surface area contributed by atoms with Crippen LogP contribution in [0.25, 0.3) is 11.1 Å². The Balaban J connectivity index is 1.44. The van der Waals surface area contributed by atoms with Crippen molar-refractivity contribution < 1.29 is 9.21 Å². The monoisotopic (exact) mass is 366 g/mol. The molecule has 7 heteroatoms. The molecule has 0 aliphatic carbocycles. The van der Waals surface area contributed by atoms with E-state index in [0.29, 0.717) is 24.2 Å². The molecule has 7 nitrogen and oxygen atoms in total. The molecule has 1 aliphatic heterocycles. The van der Waals surface area contributed by atoms with Crippen molar-refractivity contribution in [3.63, 3.8) is 0 Å². The Morgan fingerprint density at radius 2 is 1.74 bits per heavy atom. The second-order valence-electron chi connectivity index (χ2n) is 6.90. The second kappa shape index (κ2) is 6.90. The Hall–Kier alpha value is -3.09. The molecule has 0 saturated carbocycles. The first-order valence-corrected chi connectivity index (χ1v) is 9.07. The molecule has 0 N–H and O–H groups in total. The number of anilines is 1. The zero-order valence-electron chi connectivity index (χ0n) is 15.5. The van der Waals surface area contributed by atoms with Crippen LogP contribution in [0.3, 0.4) is 0 Å². The van der Waals surface area contributed by atoms with E-state index in [0.717, 1.165) is 30.2 Å². The highest BCUT2D eigenvalue weighted by Crippen LogP contribution is 2.19. The van der Waals surface area contributed by atoms with Crippen LogP contribution in [0.5, 0.6) is 0 Å². The summed E-state index contributed by atoms with van der Waals surface area (Å²) in [5.41, 5.74) is 4.29. The van der Waals surface area contributed by atoms with Gasteiger partial charge < -0.3 is 14.2 Å². The molecular formula is C20H22N4O3. The van der Waals surface area contributed by atoms with Gasteiger partial charge >= 0.3 is 5.76 Å². The fourth-order valence-electron chi connectivity index (χ4n) is 3.61. The van der Waals surface area contributed by atoms with Crippen LogP contribution >= 0.6 is 0 Å². The number of rotatable bonds is 3. The van der Waals surface area contributed by atoms with Crippen molar-refractivity contribution in [3.8, 4) is 0 Å². The number of hydrogen-bond donors (Lipinski definition) is 0. The predicted molar refractivity (Wildman–Crippen MR) is 103 cm³/mol. The molecule has 0 bridgehead atoms. The summed E-state index contributed by atoms with van der Waals surface area (Å²) >= 11 is 0. The lowest BCUT2D eigenvalue weighted by Gasteiger charge is -2.36. The number of pyridine rings is 1. The maximum absolute atomic E-state index is 12.7. The minimum atomic E-state index is -0.495. The number of aryl methyl sites for hydroxylation is 2. The van der Waals surface area contributed by atoms with Crippen LogP contribution in [0.1, 0.15) is 11.4 Å². The van der Waals surface area contributed by atoms with Gasteiger partial charge in [-0.1, -0.05) is 12.1 Å². The maximum atomic E-state index is 12.7. The van der Waals surface area contributed by atoms with E-state index in [4.69, 9.17) is 4.42 Å². The molecule has 1 aliphatic rings. The molecule has 1 aromatic carbocycles. The van der Waals surface area contributed by atoms with Gasteiger partial charge in [0.25, 0.3) is 0 Å². The van der Waals surface area contributed by atoms with Gasteiger partial charge in [0, 0.05) is 43.3 Å². The summed E-state index contributed by atoms with van der Waals surface area (Å²) in [6.45, 7) is 6.76. The van der Waals surface area contributed by atoms with Gasteiger partial charge in [0.1, 0.15) is 6.54 Å². The van der Waals surface area contributed by atoms with Crippen LogP contribution < -0.4 is 10.7 Å². The third-order valence-electron chi connectivity index (χ3n) is 4.93. The summed E-state index contributed by atoms with van der Waals surface area (Å²) in [7, 11) is 0. The summed E-state index contributed by atoms with van der Waals surface area (Å²) in [6, 6.07) is 11.3. The number of nitrogens with zero attached hydrogens (tertiary/aromatic N) is 4. The molecule has 3 heterocycles. The molecule has 0 unspecified atom stereocenters. The molecule has 4 rings (SSSR count). The normalized spacial score (nSPS) is 14.7. The number of fused-ring (bicyclic) bond motifs is 1. The number of hydrogen-bond acceptors (Lipinski definition) is 5. The number of carbonyl (C=O) groups is 1. The first kappa shape index (κ1) is 17.3. The van der Waals surface area contributed by atoms with Crippen LogP contribution in [0.2, 0.25) is 0 Å². The average Bonchev–Trinajstić information content (AvgIpc) is 2.96. The van der Waals surface area contributed by atoms with Gasteiger partial charge in [-0.25, -0.2) is 4.79 Å². The SMILES string of the molecule is Cc1cc(N2CCN(C(=O)Cn3c(=O)oc4ccccc43)CC2)cc(C)n1. The van der Waals surface area contributed by atoms with Crippen LogP contribution in [0.15, 0.2) is 45.6 Å². The predicted octanol–water partition coefficient (Wildman–Crippen LogP) is 1.96. The highest BCUT2D eigenvalue weighted by atomic mass is 16.4. The molecule has 0 spiro atoms. The van der Waals surface area contributed by atoms with Crippen LogP contribution in [-0.2, 0) is 11.3 Å². The van der Waals surface area contributed by atoms with Gasteiger partial charge in [-0.15, -0.1) is 0 Å². The van der Waals surface area contributed by atoms with E-state index in [9.17, 15) is 9.59 Å². The third kappa shape index (κ3) is 3.45. The van der Waals surface area contributed by atoms with Crippen molar-refractivity contribution in [2.24, 2.45) is 0 Å². The Bertz CT molecular complexity index is 1020. The number of para-hydroxylation sites is 2. The molecule has 1 saturated heterocycles. The smallest absolute Gasteiger partial charge is 0.408 e. The van der Waals surface area contributed by atoms with E-state index in [1.165, 1.54) is 4.57 Å². The molecular weight excluding hydrogens is 344 g/mol. The molecule has 0 atom stereocenters. The minimum absolute atomic E-state index is 0.00329. The summed E-state index contributed by atoms with van der Waals surface area (Å²) in [5, 5.41) is 0. The molecule has 27 heavy (non-hydrogen) atoms. The first-order valence-electron chi connectivity index (χ1n) is 9.07. The van der Waals surface area contributed by atoms with E-state index in [2.05, 4.69) is 22.0 Å². The van der Waals surface area contributed by atoms with Gasteiger partial charge in [-0.3, -0.25) is 14.3 Å². The standard InChI is InChI=1S/C20H22N4O3/c1-14-11-16(12-15(2)21-14)22-7-9-23(10-8-22)19(25)13-24-17-5-3-4-6-18(17)27-20(24)26/h3-6,11-12H,7-10,13H2,1-2H3. The Labute approximate surface area is 156 Å². The Kier molecular flexibility index (Phi) is 4.43. The van der Waals surface area contributed by atoms with Gasteiger partial charge in [-0.2, -0.15) is 0 Å². The van der Waals surface area contributed by atoms with Gasteiger partial charge in [-0.05, 0) is 38.1 Å². The molecule has 2 aromatic heterocycles. The van der Waals surface area contributed by atoms with E-state index >= 15 is 0 Å². The molecule has 1 fully saturated rings. The number of aromatic nitrogens is 2. The number of amides is 1. The fourth-order valence-corrected chi connectivity index (χ4v) is 3.61. The van der Waals surface area contributed by atoms with E-state index in [1.807, 2.05) is 24.8 Å². The Morgan fingerprint density at radius 3 is 2.44 bits per heavy atom. The van der Waals surface area contributed by atoms with Crippen LogP contribution in [0.4, 0.5) is 5.69 Å². The quantitative estimate of drug-likeness (QED) is 0.709. The van der Waals surface area contributed by atoms with Crippen molar-refractivity contribution in [3.05, 3.63) is 58.3 Å². The van der Waals surface area contributed by atoms with E-state index in [-0.39, 0.29) is 12.5 Å². The highest BCUT2D eigenvalue weighted by molar-refractivity contribution is 5.79. The maximum Gasteiger partial charge on any atom is 0.420 e. The lowest BCUT2D eigenvalue weighted by atomic mass is 10.2. The van der Waals surface area contributed by atoms with Crippen molar-refractivity contribution >= 4 is 22.7 Å². The van der Waals surface area contributed by atoms with E-state index in [1.54, 1.807) is 18.2 Å².